The third kappa shape index (κ3) is 5.50. The van der Waals surface area contributed by atoms with E-state index in [1.54, 1.807) is 0 Å². The van der Waals surface area contributed by atoms with Crippen molar-refractivity contribution in [2.45, 2.75) is 51.3 Å². The van der Waals surface area contributed by atoms with Gasteiger partial charge in [0.1, 0.15) is 17.9 Å². The van der Waals surface area contributed by atoms with Crippen LogP contribution in [0.15, 0.2) is 51.3 Å². The zero-order valence-corrected chi connectivity index (χ0v) is 15.4. The Labute approximate surface area is 154 Å². The second-order valence-electron chi connectivity index (χ2n) is 6.46. The monoisotopic (exact) mass is 356 g/mol. The lowest BCUT2D eigenvalue weighted by molar-refractivity contribution is 0.153. The van der Waals surface area contributed by atoms with Gasteiger partial charge in [-0.1, -0.05) is 57.4 Å². The number of aliphatic imine (C=N–C) groups is 3. The van der Waals surface area contributed by atoms with Crippen LogP contribution in [0.1, 0.15) is 56.6 Å². The molecule has 2 rings (SSSR count). The molecule has 26 heavy (non-hydrogen) atoms. The summed E-state index contributed by atoms with van der Waals surface area (Å²) < 4.78 is 5.32. The smallest absolute Gasteiger partial charge is 0.258 e. The van der Waals surface area contributed by atoms with Crippen LogP contribution in [0.25, 0.3) is 0 Å². The summed E-state index contributed by atoms with van der Waals surface area (Å²) in [5.41, 5.74) is 20.3. The molecule has 140 valence electrons. The minimum Gasteiger partial charge on any atom is -0.443 e. The topological polar surface area (TPSA) is 124 Å². The largest absolute Gasteiger partial charge is 0.443 e. The first-order chi connectivity index (χ1) is 12.4. The minimum atomic E-state index is -1.64. The Morgan fingerprint density at radius 1 is 1.15 bits per heavy atom. The summed E-state index contributed by atoms with van der Waals surface area (Å²) in [7, 11) is 0. The standard InChI is InChI=1S/C19H28N6O/c1-3-4-5-6-14(2)15-7-9-16(10-8-15)18-19(21,22)26-13-23-12-25-17(20)11-24-18/h7-14H,3-6,20-22H2,1-2H3/b17-11+,23-13+,24-18-,25-12-/t14-/m0/s1. The fraction of sp³-hybridized carbons (Fsp3) is 0.421. The van der Waals surface area contributed by atoms with E-state index >= 15 is 0 Å². The molecule has 0 aromatic heterocycles. The van der Waals surface area contributed by atoms with Crippen LogP contribution in [0.2, 0.25) is 0 Å². The van der Waals surface area contributed by atoms with E-state index in [4.69, 9.17) is 21.9 Å². The molecule has 0 saturated carbocycles. The molecule has 0 amide bonds. The van der Waals surface area contributed by atoms with E-state index in [1.807, 2.05) is 12.1 Å². The molecule has 1 aliphatic rings. The Morgan fingerprint density at radius 2 is 1.88 bits per heavy atom. The summed E-state index contributed by atoms with van der Waals surface area (Å²) >= 11 is 0. The summed E-state index contributed by atoms with van der Waals surface area (Å²) in [6.45, 7) is 4.45. The average Bonchev–Trinajstić information content (AvgIpc) is 2.61. The fourth-order valence-corrected chi connectivity index (χ4v) is 2.70. The number of hydrogen-bond acceptors (Lipinski definition) is 7. The fourth-order valence-electron chi connectivity index (χ4n) is 2.70. The normalized spacial score (nSPS) is 24.3. The van der Waals surface area contributed by atoms with Crippen molar-refractivity contribution in [1.82, 2.24) is 0 Å². The predicted molar refractivity (Wildman–Crippen MR) is 107 cm³/mol. The van der Waals surface area contributed by atoms with Crippen molar-refractivity contribution in [3.05, 3.63) is 47.4 Å². The van der Waals surface area contributed by atoms with Crippen molar-refractivity contribution in [2.24, 2.45) is 32.2 Å². The Bertz CT molecular complexity index is 703. The zero-order valence-electron chi connectivity index (χ0n) is 15.4. The van der Waals surface area contributed by atoms with E-state index in [1.165, 1.54) is 43.8 Å². The van der Waals surface area contributed by atoms with Gasteiger partial charge < -0.3 is 10.5 Å². The SMILES string of the molecule is CCCCC[C@H](C)c1ccc(/C2=N/C=C(N)/N=C\N=C\OC2(N)N)cc1. The van der Waals surface area contributed by atoms with E-state index in [0.29, 0.717) is 11.6 Å². The van der Waals surface area contributed by atoms with Gasteiger partial charge in [0.15, 0.2) is 6.40 Å². The second-order valence-corrected chi connectivity index (χ2v) is 6.46. The lowest BCUT2D eigenvalue weighted by Gasteiger charge is -2.25. The molecule has 1 heterocycles. The maximum Gasteiger partial charge on any atom is 0.258 e. The van der Waals surface area contributed by atoms with Crippen LogP contribution in [-0.2, 0) is 4.74 Å². The quantitative estimate of drug-likeness (QED) is 0.535. The highest BCUT2D eigenvalue weighted by molar-refractivity contribution is 6.06. The van der Waals surface area contributed by atoms with Gasteiger partial charge in [0.25, 0.3) is 5.85 Å². The number of ether oxygens (including phenoxy) is 1. The van der Waals surface area contributed by atoms with Crippen LogP contribution in [0.3, 0.4) is 0 Å². The van der Waals surface area contributed by atoms with E-state index in [2.05, 4.69) is 41.0 Å². The highest BCUT2D eigenvalue weighted by atomic mass is 16.5. The summed E-state index contributed by atoms with van der Waals surface area (Å²) in [5, 5.41) is 0. The zero-order chi connectivity index (χ0) is 19.0. The van der Waals surface area contributed by atoms with Gasteiger partial charge in [-0.25, -0.2) is 15.0 Å². The number of unbranched alkanes of at least 4 members (excludes halogenated alkanes) is 2. The molecular formula is C19H28N6O. The Kier molecular flexibility index (Phi) is 7.06. The summed E-state index contributed by atoms with van der Waals surface area (Å²) in [6.07, 6.45) is 8.63. The van der Waals surface area contributed by atoms with Crippen molar-refractivity contribution in [2.75, 3.05) is 0 Å². The van der Waals surface area contributed by atoms with Gasteiger partial charge in [-0.2, -0.15) is 0 Å². The highest BCUT2D eigenvalue weighted by Crippen LogP contribution is 2.23. The minimum absolute atomic E-state index is 0.193. The molecule has 0 saturated heterocycles. The van der Waals surface area contributed by atoms with E-state index in [0.717, 1.165) is 12.0 Å². The van der Waals surface area contributed by atoms with Crippen LogP contribution in [0, 0.1) is 0 Å². The highest BCUT2D eigenvalue weighted by Gasteiger charge is 2.29. The first-order valence-corrected chi connectivity index (χ1v) is 8.88. The van der Waals surface area contributed by atoms with Gasteiger partial charge in [0.05, 0.1) is 6.20 Å². The molecule has 6 N–H and O–H groups in total. The lowest BCUT2D eigenvalue weighted by atomic mass is 9.93. The van der Waals surface area contributed by atoms with Crippen LogP contribution in [-0.4, -0.2) is 24.3 Å². The Balaban J connectivity index is 2.26. The van der Waals surface area contributed by atoms with E-state index < -0.39 is 5.85 Å². The lowest BCUT2D eigenvalue weighted by Crippen LogP contribution is -2.58. The number of rotatable bonds is 6. The van der Waals surface area contributed by atoms with Gasteiger partial charge in [0.2, 0.25) is 0 Å². The van der Waals surface area contributed by atoms with Gasteiger partial charge >= 0.3 is 0 Å². The van der Waals surface area contributed by atoms with Crippen LogP contribution in [0.4, 0.5) is 0 Å². The molecule has 1 aromatic rings. The molecule has 7 nitrogen and oxygen atoms in total. The summed E-state index contributed by atoms with van der Waals surface area (Å²) in [6, 6.07) is 8.03. The molecule has 0 unspecified atom stereocenters. The molecule has 0 fully saturated rings. The molecule has 0 bridgehead atoms. The molecule has 1 atom stereocenters. The first-order valence-electron chi connectivity index (χ1n) is 8.88. The summed E-state index contributed by atoms with van der Waals surface area (Å²) in [4.78, 5) is 12.0. The Hall–Kier alpha value is -2.51. The maximum atomic E-state index is 6.09. The Morgan fingerprint density at radius 3 is 2.58 bits per heavy atom. The second kappa shape index (κ2) is 9.26. The molecule has 1 aromatic carbocycles. The van der Waals surface area contributed by atoms with Crippen LogP contribution < -0.4 is 17.2 Å². The van der Waals surface area contributed by atoms with Crippen LogP contribution >= 0.6 is 0 Å². The molecular weight excluding hydrogens is 328 g/mol. The van der Waals surface area contributed by atoms with E-state index in [-0.39, 0.29) is 5.82 Å². The van der Waals surface area contributed by atoms with Crippen LogP contribution in [0.5, 0.6) is 0 Å². The molecule has 0 radical (unpaired) electrons. The van der Waals surface area contributed by atoms with Crippen molar-refractivity contribution >= 4 is 18.5 Å². The maximum absolute atomic E-state index is 6.09. The van der Waals surface area contributed by atoms with Crippen molar-refractivity contribution in [3.8, 4) is 0 Å². The molecule has 0 aliphatic carbocycles. The number of nitrogens with two attached hydrogens (primary N) is 3. The number of benzene rings is 1. The van der Waals surface area contributed by atoms with E-state index in [9.17, 15) is 0 Å². The molecule has 0 spiro atoms. The molecule has 1 aliphatic heterocycles. The van der Waals surface area contributed by atoms with Crippen molar-refractivity contribution in [3.63, 3.8) is 0 Å². The number of hydrogen-bond donors (Lipinski definition) is 3. The van der Waals surface area contributed by atoms with Gasteiger partial charge in [0, 0.05) is 5.56 Å². The van der Waals surface area contributed by atoms with Crippen molar-refractivity contribution < 1.29 is 4.74 Å². The third-order valence-corrected chi connectivity index (χ3v) is 4.27. The molecule has 7 heteroatoms. The first kappa shape index (κ1) is 19.8. The summed E-state index contributed by atoms with van der Waals surface area (Å²) in [5.74, 6) is -0.950. The van der Waals surface area contributed by atoms with Gasteiger partial charge in [-0.15, -0.1) is 0 Å². The predicted octanol–water partition coefficient (Wildman–Crippen LogP) is 2.58. The van der Waals surface area contributed by atoms with Gasteiger partial charge in [-0.3, -0.25) is 11.5 Å². The average molecular weight is 356 g/mol. The third-order valence-electron chi connectivity index (χ3n) is 4.27. The van der Waals surface area contributed by atoms with Crippen molar-refractivity contribution in [1.29, 1.82) is 0 Å². The number of nitrogens with zero attached hydrogens (tertiary/aromatic N) is 3. The van der Waals surface area contributed by atoms with Gasteiger partial charge in [-0.05, 0) is 17.9 Å².